The molecule has 0 aromatic heterocycles. The van der Waals surface area contributed by atoms with Gasteiger partial charge in [-0.2, -0.15) is 0 Å². The van der Waals surface area contributed by atoms with E-state index >= 15 is 0 Å². The molecular weight excluding hydrogens is 216 g/mol. The molecule has 2 unspecified atom stereocenters. The van der Waals surface area contributed by atoms with E-state index in [1.807, 2.05) is 0 Å². The first-order valence-electron chi connectivity index (χ1n) is 6.51. The van der Waals surface area contributed by atoms with Gasteiger partial charge in [-0.15, -0.1) is 0 Å². The number of morpholine rings is 1. The Morgan fingerprint density at radius 2 is 2.24 bits per heavy atom. The van der Waals surface area contributed by atoms with Crippen LogP contribution in [0, 0.1) is 0 Å². The third-order valence-corrected chi connectivity index (χ3v) is 3.39. The average molecular weight is 244 g/mol. The normalized spacial score (nSPS) is 24.9. The minimum Gasteiger partial charge on any atom is -0.379 e. The van der Waals surface area contributed by atoms with E-state index < -0.39 is 0 Å². The van der Waals surface area contributed by atoms with Crippen molar-refractivity contribution in [3.8, 4) is 0 Å². The molecule has 0 amide bonds. The van der Waals surface area contributed by atoms with Crippen LogP contribution in [0.1, 0.15) is 27.2 Å². The smallest absolute Gasteiger partial charge is 0.0826 e. The second kappa shape index (κ2) is 6.69. The molecule has 17 heavy (non-hydrogen) atoms. The summed E-state index contributed by atoms with van der Waals surface area (Å²) in [5.74, 6) is 0. The summed E-state index contributed by atoms with van der Waals surface area (Å²) in [7, 11) is 3.92. The van der Waals surface area contributed by atoms with Crippen molar-refractivity contribution in [1.29, 1.82) is 0 Å². The molecule has 0 radical (unpaired) electrons. The van der Waals surface area contributed by atoms with Gasteiger partial charge in [0, 0.05) is 32.8 Å². The molecule has 1 aliphatic rings. The minimum atomic E-state index is -0.0589. The molecule has 1 heterocycles. The number of hydrogen-bond acceptors (Lipinski definition) is 4. The van der Waals surface area contributed by atoms with E-state index in [0.29, 0.717) is 12.1 Å². The number of nitrogens with zero attached hydrogens (tertiary/aromatic N) is 1. The Balaban J connectivity index is 2.21. The van der Waals surface area contributed by atoms with Crippen molar-refractivity contribution < 1.29 is 9.47 Å². The maximum absolute atomic E-state index is 5.72. The van der Waals surface area contributed by atoms with Crippen LogP contribution in [0.2, 0.25) is 0 Å². The summed E-state index contributed by atoms with van der Waals surface area (Å²) in [5, 5.41) is 3.53. The molecule has 4 heteroatoms. The first kappa shape index (κ1) is 14.9. The van der Waals surface area contributed by atoms with E-state index in [2.05, 4.69) is 38.0 Å². The highest BCUT2D eigenvalue weighted by molar-refractivity contribution is 4.78. The summed E-state index contributed by atoms with van der Waals surface area (Å²) in [6, 6.07) is 0.445. The van der Waals surface area contributed by atoms with Crippen molar-refractivity contribution in [2.24, 2.45) is 0 Å². The fourth-order valence-corrected chi connectivity index (χ4v) is 2.22. The third kappa shape index (κ3) is 5.82. The van der Waals surface area contributed by atoms with Gasteiger partial charge in [0.1, 0.15) is 0 Å². The largest absolute Gasteiger partial charge is 0.379 e. The van der Waals surface area contributed by atoms with Crippen LogP contribution in [-0.2, 0) is 9.47 Å². The number of hydrogen-bond donors (Lipinski definition) is 1. The van der Waals surface area contributed by atoms with Crippen molar-refractivity contribution in [3.05, 3.63) is 0 Å². The van der Waals surface area contributed by atoms with Crippen LogP contribution >= 0.6 is 0 Å². The Labute approximate surface area is 106 Å². The molecule has 0 aromatic rings. The molecule has 0 aromatic carbocycles. The summed E-state index contributed by atoms with van der Waals surface area (Å²) in [4.78, 5) is 2.32. The fraction of sp³-hybridized carbons (Fsp3) is 1.00. The molecule has 1 fully saturated rings. The van der Waals surface area contributed by atoms with Crippen LogP contribution in [0.4, 0.5) is 0 Å². The lowest BCUT2D eigenvalue weighted by atomic mass is 10.00. The lowest BCUT2D eigenvalue weighted by Gasteiger charge is -2.32. The molecule has 1 rings (SSSR count). The van der Waals surface area contributed by atoms with Crippen molar-refractivity contribution in [3.63, 3.8) is 0 Å². The maximum Gasteiger partial charge on any atom is 0.0826 e. The number of rotatable bonds is 6. The zero-order chi connectivity index (χ0) is 12.9. The van der Waals surface area contributed by atoms with Gasteiger partial charge < -0.3 is 19.7 Å². The topological polar surface area (TPSA) is 33.7 Å². The summed E-state index contributed by atoms with van der Waals surface area (Å²) < 4.78 is 11.2. The predicted octanol–water partition coefficient (Wildman–Crippen LogP) is 1.11. The highest BCUT2D eigenvalue weighted by atomic mass is 16.5. The van der Waals surface area contributed by atoms with Crippen LogP contribution in [0.25, 0.3) is 0 Å². The summed E-state index contributed by atoms with van der Waals surface area (Å²) in [6.07, 6.45) is 1.33. The van der Waals surface area contributed by atoms with Crippen LogP contribution in [-0.4, -0.2) is 63.0 Å². The highest BCUT2D eigenvalue weighted by Crippen LogP contribution is 2.15. The van der Waals surface area contributed by atoms with Gasteiger partial charge in [-0.1, -0.05) is 0 Å². The molecule has 0 spiro atoms. The number of methoxy groups -OCH3 is 1. The van der Waals surface area contributed by atoms with Crippen LogP contribution in [0.5, 0.6) is 0 Å². The lowest BCUT2D eigenvalue weighted by molar-refractivity contribution is -0.0229. The Kier molecular flexibility index (Phi) is 5.86. The Bertz CT molecular complexity index is 221. The molecule has 2 atom stereocenters. The molecule has 0 bridgehead atoms. The van der Waals surface area contributed by atoms with Gasteiger partial charge in [0.15, 0.2) is 0 Å². The molecule has 102 valence electrons. The number of likely N-dealkylation sites (N-methyl/N-ethyl adjacent to an activating group) is 1. The van der Waals surface area contributed by atoms with E-state index in [4.69, 9.17) is 9.47 Å². The molecule has 4 nitrogen and oxygen atoms in total. The molecule has 1 saturated heterocycles. The van der Waals surface area contributed by atoms with Crippen LogP contribution in [0.15, 0.2) is 0 Å². The second-order valence-corrected chi connectivity index (χ2v) is 5.73. The van der Waals surface area contributed by atoms with Gasteiger partial charge in [-0.3, -0.25) is 0 Å². The zero-order valence-electron chi connectivity index (χ0n) is 12.0. The lowest BCUT2D eigenvalue weighted by Crippen LogP contribution is -2.47. The molecule has 1 N–H and O–H groups in total. The van der Waals surface area contributed by atoms with E-state index in [9.17, 15) is 0 Å². The quantitative estimate of drug-likeness (QED) is 0.759. The molecule has 0 saturated carbocycles. The molecule has 0 aliphatic carbocycles. The average Bonchev–Trinajstić information content (AvgIpc) is 2.26. The van der Waals surface area contributed by atoms with E-state index in [1.165, 1.54) is 0 Å². The van der Waals surface area contributed by atoms with Gasteiger partial charge in [-0.25, -0.2) is 0 Å². The number of nitrogens with one attached hydrogen (secondary N) is 1. The monoisotopic (exact) mass is 244 g/mol. The Morgan fingerprint density at radius 1 is 1.53 bits per heavy atom. The minimum absolute atomic E-state index is 0.0589. The molecule has 1 aliphatic heterocycles. The van der Waals surface area contributed by atoms with Gasteiger partial charge in [0.2, 0.25) is 0 Å². The zero-order valence-corrected chi connectivity index (χ0v) is 12.0. The second-order valence-electron chi connectivity index (χ2n) is 5.73. The van der Waals surface area contributed by atoms with E-state index in [0.717, 1.165) is 32.7 Å². The summed E-state index contributed by atoms with van der Waals surface area (Å²) in [5.41, 5.74) is -0.0589. The maximum atomic E-state index is 5.72. The SMILES string of the molecule is COC(C)(C)CC(C)NCC1CN(C)CCO1. The van der Waals surface area contributed by atoms with Crippen LogP contribution < -0.4 is 5.32 Å². The fourth-order valence-electron chi connectivity index (χ4n) is 2.22. The van der Waals surface area contributed by atoms with Crippen molar-refractivity contribution in [2.45, 2.75) is 44.9 Å². The number of ether oxygens (including phenoxy) is 2. The van der Waals surface area contributed by atoms with Gasteiger partial charge >= 0.3 is 0 Å². The first-order chi connectivity index (χ1) is 7.93. The first-order valence-corrected chi connectivity index (χ1v) is 6.51. The predicted molar refractivity (Wildman–Crippen MR) is 70.4 cm³/mol. The standard InChI is InChI=1S/C13H28N2O2/c1-11(8-13(2,3)16-5)14-9-12-10-15(4)6-7-17-12/h11-12,14H,6-10H2,1-5H3. The van der Waals surface area contributed by atoms with Crippen molar-refractivity contribution in [1.82, 2.24) is 10.2 Å². The third-order valence-electron chi connectivity index (χ3n) is 3.39. The highest BCUT2D eigenvalue weighted by Gasteiger charge is 2.22. The van der Waals surface area contributed by atoms with E-state index in [1.54, 1.807) is 7.11 Å². The van der Waals surface area contributed by atoms with Gasteiger partial charge in [-0.05, 0) is 34.2 Å². The van der Waals surface area contributed by atoms with Crippen molar-refractivity contribution >= 4 is 0 Å². The summed E-state index contributed by atoms with van der Waals surface area (Å²) >= 11 is 0. The molecular formula is C13H28N2O2. The van der Waals surface area contributed by atoms with Gasteiger partial charge in [0.25, 0.3) is 0 Å². The summed E-state index contributed by atoms with van der Waals surface area (Å²) in [6.45, 7) is 10.3. The van der Waals surface area contributed by atoms with Gasteiger partial charge in [0.05, 0.1) is 18.3 Å². The Morgan fingerprint density at radius 3 is 2.82 bits per heavy atom. The Hall–Kier alpha value is -0.160. The van der Waals surface area contributed by atoms with Crippen molar-refractivity contribution in [2.75, 3.05) is 40.4 Å². The van der Waals surface area contributed by atoms with Crippen LogP contribution in [0.3, 0.4) is 0 Å². The van der Waals surface area contributed by atoms with E-state index in [-0.39, 0.29) is 5.60 Å².